The largest absolute Gasteiger partial charge is 0.334 e. The Kier molecular flexibility index (Phi) is 4.48. The molecule has 0 radical (unpaired) electrons. The normalized spacial score (nSPS) is 14.4. The van der Waals surface area contributed by atoms with Crippen molar-refractivity contribution < 1.29 is 13.2 Å². The Bertz CT molecular complexity index is 863. The minimum Gasteiger partial charge on any atom is -0.334 e. The van der Waals surface area contributed by atoms with Crippen molar-refractivity contribution in [2.45, 2.75) is 19.6 Å². The molecule has 1 aromatic carbocycles. The van der Waals surface area contributed by atoms with Gasteiger partial charge >= 0.3 is 6.03 Å². The second kappa shape index (κ2) is 6.42. The van der Waals surface area contributed by atoms with Gasteiger partial charge < -0.3 is 5.32 Å². The summed E-state index contributed by atoms with van der Waals surface area (Å²) in [6, 6.07) is 6.73. The van der Waals surface area contributed by atoms with Gasteiger partial charge in [0.05, 0.1) is 18.5 Å². The number of carbonyl (C=O) groups is 1. The molecule has 0 unspecified atom stereocenters. The zero-order chi connectivity index (χ0) is 17.3. The molecular formula is C14H16ClN5O3S. The number of halogens is 1. The number of nitrogens with one attached hydrogen (secondary N) is 3. The first-order valence-corrected chi connectivity index (χ1v) is 9.36. The van der Waals surface area contributed by atoms with Gasteiger partial charge in [0.25, 0.3) is 0 Å². The average molecular weight is 370 g/mol. The highest BCUT2D eigenvalue weighted by molar-refractivity contribution is 7.88. The van der Waals surface area contributed by atoms with E-state index in [9.17, 15) is 13.2 Å². The van der Waals surface area contributed by atoms with E-state index in [0.29, 0.717) is 28.6 Å². The standard InChI is InChI=1S/C14H16ClN5O3S/c1-24(22,23)20-7-11-12(8-20)18-19-13(11)17-14(21)16-6-9-2-4-10(15)5-3-9/h2-5H,6-8H2,1H3,(H3,16,17,18,19,21). The van der Waals surface area contributed by atoms with Crippen molar-refractivity contribution in [3.8, 4) is 0 Å². The molecule has 0 saturated carbocycles. The number of carbonyl (C=O) groups excluding carboxylic acids is 1. The first kappa shape index (κ1) is 16.7. The van der Waals surface area contributed by atoms with Gasteiger partial charge in [0.2, 0.25) is 10.0 Å². The highest BCUT2D eigenvalue weighted by Gasteiger charge is 2.30. The number of rotatable bonds is 4. The van der Waals surface area contributed by atoms with Crippen LogP contribution in [-0.4, -0.2) is 35.2 Å². The van der Waals surface area contributed by atoms with Crippen LogP contribution in [0, 0.1) is 0 Å². The molecule has 0 saturated heterocycles. The summed E-state index contributed by atoms with van der Waals surface area (Å²) in [4.78, 5) is 12.0. The zero-order valence-corrected chi connectivity index (χ0v) is 14.4. The number of H-pyrrole nitrogens is 1. The summed E-state index contributed by atoms with van der Waals surface area (Å²) in [5.41, 5.74) is 2.21. The number of nitrogens with zero attached hydrogens (tertiary/aromatic N) is 2. The molecule has 0 atom stereocenters. The molecule has 1 aliphatic rings. The number of sulfonamides is 1. The maximum Gasteiger partial charge on any atom is 0.320 e. The number of amides is 2. The lowest BCUT2D eigenvalue weighted by molar-refractivity contribution is 0.251. The smallest absolute Gasteiger partial charge is 0.320 e. The number of benzene rings is 1. The van der Waals surface area contributed by atoms with Crippen LogP contribution in [0.5, 0.6) is 0 Å². The van der Waals surface area contributed by atoms with E-state index in [1.54, 1.807) is 12.1 Å². The molecule has 2 aromatic rings. The summed E-state index contributed by atoms with van der Waals surface area (Å²) in [6.45, 7) is 0.741. The van der Waals surface area contributed by atoms with Crippen LogP contribution in [0.2, 0.25) is 5.02 Å². The van der Waals surface area contributed by atoms with Gasteiger partial charge in [-0.25, -0.2) is 13.2 Å². The van der Waals surface area contributed by atoms with Gasteiger partial charge in [-0.3, -0.25) is 10.4 Å². The van der Waals surface area contributed by atoms with E-state index < -0.39 is 16.1 Å². The predicted octanol–water partition coefficient (Wildman–Crippen LogP) is 1.66. The molecule has 8 nitrogen and oxygen atoms in total. The van der Waals surface area contributed by atoms with E-state index >= 15 is 0 Å². The molecule has 3 rings (SSSR count). The summed E-state index contributed by atoms with van der Waals surface area (Å²) in [5.74, 6) is 0.407. The third-order valence-electron chi connectivity index (χ3n) is 3.69. The first-order chi connectivity index (χ1) is 11.3. The fraction of sp³-hybridized carbons (Fsp3) is 0.286. The first-order valence-electron chi connectivity index (χ1n) is 7.13. The van der Waals surface area contributed by atoms with E-state index in [1.165, 1.54) is 4.31 Å². The fourth-order valence-electron chi connectivity index (χ4n) is 2.38. The second-order valence-corrected chi connectivity index (χ2v) is 7.91. The molecule has 1 aromatic heterocycles. The van der Waals surface area contributed by atoms with Gasteiger partial charge in [0.1, 0.15) is 5.82 Å². The van der Waals surface area contributed by atoms with Crippen LogP contribution < -0.4 is 10.6 Å². The lowest BCUT2D eigenvalue weighted by Gasteiger charge is -2.12. The molecular weight excluding hydrogens is 354 g/mol. The van der Waals surface area contributed by atoms with E-state index in [0.717, 1.165) is 11.8 Å². The van der Waals surface area contributed by atoms with Crippen molar-refractivity contribution in [1.82, 2.24) is 19.8 Å². The molecule has 3 N–H and O–H groups in total. The van der Waals surface area contributed by atoms with Crippen molar-refractivity contribution in [2.75, 3.05) is 11.6 Å². The van der Waals surface area contributed by atoms with Crippen molar-refractivity contribution >= 4 is 33.5 Å². The molecule has 1 aliphatic heterocycles. The number of hydrogen-bond donors (Lipinski definition) is 3. The predicted molar refractivity (Wildman–Crippen MR) is 90.0 cm³/mol. The van der Waals surface area contributed by atoms with Crippen LogP contribution in [0.3, 0.4) is 0 Å². The van der Waals surface area contributed by atoms with Crippen molar-refractivity contribution in [2.24, 2.45) is 0 Å². The van der Waals surface area contributed by atoms with Gasteiger partial charge in [-0.1, -0.05) is 23.7 Å². The molecule has 0 fully saturated rings. The lowest BCUT2D eigenvalue weighted by Crippen LogP contribution is -2.29. The lowest BCUT2D eigenvalue weighted by atomic mass is 10.2. The number of aromatic nitrogens is 2. The summed E-state index contributed by atoms with van der Waals surface area (Å²) in [5, 5.41) is 12.8. The van der Waals surface area contributed by atoms with Crippen LogP contribution in [0.1, 0.15) is 16.8 Å². The van der Waals surface area contributed by atoms with E-state index in [2.05, 4.69) is 20.8 Å². The number of fused-ring (bicyclic) bond motifs is 1. The van der Waals surface area contributed by atoms with Crippen molar-refractivity contribution in [3.05, 3.63) is 46.1 Å². The third kappa shape index (κ3) is 3.69. The van der Waals surface area contributed by atoms with Crippen molar-refractivity contribution in [1.29, 1.82) is 0 Å². The van der Waals surface area contributed by atoms with E-state index in [4.69, 9.17) is 11.6 Å². The minimum absolute atomic E-state index is 0.192. The SMILES string of the molecule is CS(=O)(=O)N1Cc2n[nH]c(NC(=O)NCc3ccc(Cl)cc3)c2C1. The Hall–Kier alpha value is -2.10. The fourth-order valence-corrected chi connectivity index (χ4v) is 3.23. The Morgan fingerprint density at radius 1 is 1.33 bits per heavy atom. The van der Waals surface area contributed by atoms with Crippen LogP contribution in [-0.2, 0) is 29.7 Å². The van der Waals surface area contributed by atoms with Crippen LogP contribution in [0.4, 0.5) is 10.6 Å². The van der Waals surface area contributed by atoms with Crippen LogP contribution in [0.25, 0.3) is 0 Å². The number of hydrogen-bond acceptors (Lipinski definition) is 4. The quantitative estimate of drug-likeness (QED) is 0.761. The highest BCUT2D eigenvalue weighted by atomic mass is 35.5. The van der Waals surface area contributed by atoms with Gasteiger partial charge in [0, 0.05) is 23.7 Å². The summed E-state index contributed by atoms with van der Waals surface area (Å²) < 4.78 is 24.5. The summed E-state index contributed by atoms with van der Waals surface area (Å²) >= 11 is 5.81. The van der Waals surface area contributed by atoms with E-state index in [1.807, 2.05) is 12.1 Å². The zero-order valence-electron chi connectivity index (χ0n) is 12.8. The molecule has 0 bridgehead atoms. The highest BCUT2D eigenvalue weighted by Crippen LogP contribution is 2.28. The third-order valence-corrected chi connectivity index (χ3v) is 5.14. The van der Waals surface area contributed by atoms with Gasteiger partial charge in [-0.05, 0) is 17.7 Å². The Morgan fingerprint density at radius 2 is 2.04 bits per heavy atom. The number of anilines is 1. The molecule has 0 spiro atoms. The maximum atomic E-state index is 12.0. The number of urea groups is 1. The van der Waals surface area contributed by atoms with Gasteiger partial charge in [-0.15, -0.1) is 0 Å². The minimum atomic E-state index is -3.29. The molecule has 10 heteroatoms. The molecule has 2 amide bonds. The van der Waals surface area contributed by atoms with Gasteiger partial charge in [-0.2, -0.15) is 9.40 Å². The topological polar surface area (TPSA) is 107 Å². The number of aromatic amines is 1. The van der Waals surface area contributed by atoms with Gasteiger partial charge in [0.15, 0.2) is 0 Å². The van der Waals surface area contributed by atoms with Crippen LogP contribution in [0.15, 0.2) is 24.3 Å². The average Bonchev–Trinajstić information content (AvgIpc) is 3.08. The van der Waals surface area contributed by atoms with Crippen molar-refractivity contribution in [3.63, 3.8) is 0 Å². The second-order valence-electron chi connectivity index (χ2n) is 5.49. The maximum absolute atomic E-state index is 12.0. The molecule has 2 heterocycles. The monoisotopic (exact) mass is 369 g/mol. The van der Waals surface area contributed by atoms with E-state index in [-0.39, 0.29) is 13.1 Å². The Balaban J connectivity index is 1.60. The molecule has 128 valence electrons. The van der Waals surface area contributed by atoms with Crippen LogP contribution >= 0.6 is 11.6 Å². The summed E-state index contributed by atoms with van der Waals surface area (Å²) in [6.07, 6.45) is 1.15. The Labute approximate surface area is 144 Å². The Morgan fingerprint density at radius 3 is 2.71 bits per heavy atom. The molecule has 24 heavy (non-hydrogen) atoms. The molecule has 0 aliphatic carbocycles. The summed E-state index contributed by atoms with van der Waals surface area (Å²) in [7, 11) is -3.29.